The van der Waals surface area contributed by atoms with E-state index in [1.807, 2.05) is 0 Å². The first-order valence-corrected chi connectivity index (χ1v) is 12.4. The second-order valence-corrected chi connectivity index (χ2v) is 8.98. The van der Waals surface area contributed by atoms with Gasteiger partial charge in [-0.15, -0.1) is 0 Å². The van der Waals surface area contributed by atoms with Gasteiger partial charge in [-0.05, 0) is 43.4 Å². The van der Waals surface area contributed by atoms with Crippen molar-refractivity contribution in [1.29, 1.82) is 0 Å². The van der Waals surface area contributed by atoms with Gasteiger partial charge in [-0.2, -0.15) is 0 Å². The topological polar surface area (TPSA) is 310 Å². The third kappa shape index (κ3) is 13.6. The monoisotopic (exact) mass is 581 g/mol. The lowest BCUT2D eigenvalue weighted by Crippen LogP contribution is -2.57. The van der Waals surface area contributed by atoms with E-state index in [4.69, 9.17) is 22.3 Å². The van der Waals surface area contributed by atoms with E-state index in [9.17, 15) is 44.1 Å². The standard InChI is InChI=1S/C24H35N7O10/c25-14(10-12-3-5-13(32)6-4-12)20(37)31-17(11-19(35)36)22(39)29-15(2-1-9-28-24(26)27)21(38)30-16(23(40)41)7-8-18(33)34/h3-6,14-17,32H,1-2,7-11,25H2,(H,29,39)(H,30,38)(H,31,37)(H,33,34)(H,35,36)(H,40,41)(H4,26,27,28). The Labute approximate surface area is 234 Å². The molecule has 0 saturated carbocycles. The summed E-state index contributed by atoms with van der Waals surface area (Å²) in [4.78, 5) is 76.1. The first-order chi connectivity index (χ1) is 19.2. The molecule has 0 aliphatic rings. The molecule has 1 aromatic rings. The average Bonchev–Trinajstić information content (AvgIpc) is 2.88. The van der Waals surface area contributed by atoms with Crippen LogP contribution in [0.3, 0.4) is 0 Å². The highest BCUT2D eigenvalue weighted by molar-refractivity contribution is 5.95. The number of rotatable bonds is 18. The van der Waals surface area contributed by atoms with Gasteiger partial charge in [0.15, 0.2) is 5.96 Å². The lowest BCUT2D eigenvalue weighted by Gasteiger charge is -2.24. The van der Waals surface area contributed by atoms with Crippen LogP contribution in [0.1, 0.15) is 37.7 Å². The highest BCUT2D eigenvalue weighted by Crippen LogP contribution is 2.11. The zero-order chi connectivity index (χ0) is 31.1. The van der Waals surface area contributed by atoms with Crippen molar-refractivity contribution in [3.8, 4) is 5.75 Å². The Morgan fingerprint density at radius 1 is 0.780 bits per heavy atom. The molecule has 17 nitrogen and oxygen atoms in total. The predicted molar refractivity (Wildman–Crippen MR) is 142 cm³/mol. The van der Waals surface area contributed by atoms with Crippen LogP contribution in [-0.4, -0.2) is 92.7 Å². The maximum absolute atomic E-state index is 13.0. The number of hydrogen-bond donors (Lipinski definition) is 10. The normalized spacial score (nSPS) is 13.5. The molecule has 4 unspecified atom stereocenters. The molecule has 0 heterocycles. The average molecular weight is 582 g/mol. The first kappa shape index (κ1) is 34.1. The molecule has 1 aromatic carbocycles. The molecule has 1 rings (SSSR count). The summed E-state index contributed by atoms with van der Waals surface area (Å²) in [5.41, 5.74) is 17.0. The van der Waals surface area contributed by atoms with E-state index in [0.717, 1.165) is 0 Å². The van der Waals surface area contributed by atoms with Crippen LogP contribution in [-0.2, 0) is 35.2 Å². The molecular formula is C24H35N7O10. The fraction of sp³-hybridized carbons (Fsp3) is 0.458. The van der Waals surface area contributed by atoms with Crippen LogP contribution in [0, 0.1) is 0 Å². The van der Waals surface area contributed by atoms with Crippen molar-refractivity contribution in [2.24, 2.45) is 22.2 Å². The number of amides is 3. The number of aromatic hydroxyl groups is 1. The lowest BCUT2D eigenvalue weighted by molar-refractivity contribution is -0.144. The molecule has 0 aliphatic heterocycles. The van der Waals surface area contributed by atoms with Gasteiger partial charge in [-0.25, -0.2) is 4.79 Å². The number of nitrogens with zero attached hydrogens (tertiary/aromatic N) is 1. The Hall–Kier alpha value is -4.93. The maximum Gasteiger partial charge on any atom is 0.326 e. The zero-order valence-electron chi connectivity index (χ0n) is 22.0. The molecule has 4 atom stereocenters. The molecule has 0 spiro atoms. The summed E-state index contributed by atoms with van der Waals surface area (Å²) in [5.74, 6) is -7.42. The Morgan fingerprint density at radius 3 is 1.88 bits per heavy atom. The van der Waals surface area contributed by atoms with Gasteiger partial charge in [0.2, 0.25) is 17.7 Å². The number of nitrogens with one attached hydrogen (secondary N) is 3. The number of hydrogen-bond acceptors (Lipinski definition) is 9. The molecule has 17 heteroatoms. The molecule has 226 valence electrons. The van der Waals surface area contributed by atoms with Gasteiger partial charge in [0.1, 0.15) is 23.9 Å². The number of carbonyl (C=O) groups excluding carboxylic acids is 3. The SMILES string of the molecule is NC(N)=NCCCC(NC(=O)C(CC(=O)O)NC(=O)C(N)Cc1ccc(O)cc1)C(=O)NC(CCC(=O)O)C(=O)O. The summed E-state index contributed by atoms with van der Waals surface area (Å²) in [5, 5.41) is 43.6. The van der Waals surface area contributed by atoms with E-state index >= 15 is 0 Å². The first-order valence-electron chi connectivity index (χ1n) is 12.4. The van der Waals surface area contributed by atoms with Crippen molar-refractivity contribution in [3.63, 3.8) is 0 Å². The van der Waals surface area contributed by atoms with Crippen molar-refractivity contribution < 1.29 is 49.2 Å². The van der Waals surface area contributed by atoms with Crippen LogP contribution in [0.4, 0.5) is 0 Å². The minimum Gasteiger partial charge on any atom is -0.508 e. The van der Waals surface area contributed by atoms with Gasteiger partial charge < -0.3 is 53.6 Å². The lowest BCUT2D eigenvalue weighted by atomic mass is 10.0. The molecule has 0 fully saturated rings. The van der Waals surface area contributed by atoms with Crippen molar-refractivity contribution >= 4 is 41.6 Å². The largest absolute Gasteiger partial charge is 0.508 e. The second kappa shape index (κ2) is 16.9. The maximum atomic E-state index is 13.0. The smallest absolute Gasteiger partial charge is 0.326 e. The van der Waals surface area contributed by atoms with Gasteiger partial charge in [0.05, 0.1) is 12.5 Å². The number of benzene rings is 1. The molecule has 0 aliphatic carbocycles. The number of phenolic OH excluding ortho intramolecular Hbond substituents is 1. The summed E-state index contributed by atoms with van der Waals surface area (Å²) >= 11 is 0. The van der Waals surface area contributed by atoms with Gasteiger partial charge in [-0.3, -0.25) is 29.0 Å². The number of aliphatic imine (C=N–C) groups is 1. The van der Waals surface area contributed by atoms with Crippen molar-refractivity contribution in [2.75, 3.05) is 6.54 Å². The highest BCUT2D eigenvalue weighted by Gasteiger charge is 2.31. The van der Waals surface area contributed by atoms with E-state index in [2.05, 4.69) is 20.9 Å². The quantitative estimate of drug-likeness (QED) is 0.0476. The van der Waals surface area contributed by atoms with Crippen LogP contribution in [0.15, 0.2) is 29.3 Å². The van der Waals surface area contributed by atoms with E-state index in [0.29, 0.717) is 5.56 Å². The van der Waals surface area contributed by atoms with Gasteiger partial charge >= 0.3 is 17.9 Å². The Morgan fingerprint density at radius 2 is 1.34 bits per heavy atom. The molecule has 0 saturated heterocycles. The number of carbonyl (C=O) groups is 6. The van der Waals surface area contributed by atoms with Crippen LogP contribution < -0.4 is 33.2 Å². The third-order valence-electron chi connectivity index (χ3n) is 5.58. The van der Waals surface area contributed by atoms with E-state index < -0.39 is 79.1 Å². The van der Waals surface area contributed by atoms with Gasteiger partial charge in [-0.1, -0.05) is 12.1 Å². The zero-order valence-corrected chi connectivity index (χ0v) is 22.0. The van der Waals surface area contributed by atoms with E-state index in [1.54, 1.807) is 0 Å². The number of guanidine groups is 1. The Kier molecular flexibility index (Phi) is 14.1. The van der Waals surface area contributed by atoms with Gasteiger partial charge in [0, 0.05) is 13.0 Å². The number of phenols is 1. The van der Waals surface area contributed by atoms with Crippen molar-refractivity contribution in [1.82, 2.24) is 16.0 Å². The molecule has 0 bridgehead atoms. The van der Waals surface area contributed by atoms with Crippen molar-refractivity contribution in [2.45, 2.75) is 62.7 Å². The summed E-state index contributed by atoms with van der Waals surface area (Å²) in [6, 6.07) is -0.0722. The molecule has 3 amide bonds. The number of aliphatic carboxylic acids is 3. The molecule has 0 aromatic heterocycles. The fourth-order valence-corrected chi connectivity index (χ4v) is 3.48. The second-order valence-electron chi connectivity index (χ2n) is 8.98. The molecular weight excluding hydrogens is 546 g/mol. The molecule has 0 radical (unpaired) electrons. The van der Waals surface area contributed by atoms with Crippen LogP contribution in [0.2, 0.25) is 0 Å². The van der Waals surface area contributed by atoms with Crippen LogP contribution in [0.5, 0.6) is 5.75 Å². The molecule has 41 heavy (non-hydrogen) atoms. The summed E-state index contributed by atoms with van der Waals surface area (Å²) in [6.07, 6.45) is -1.89. The van der Waals surface area contributed by atoms with E-state index in [-0.39, 0.29) is 37.5 Å². The van der Waals surface area contributed by atoms with Gasteiger partial charge in [0.25, 0.3) is 0 Å². The minimum absolute atomic E-state index is 0.00147. The Bertz CT molecular complexity index is 1120. The summed E-state index contributed by atoms with van der Waals surface area (Å²) < 4.78 is 0. The number of carboxylic acid groups (broad SMARTS) is 3. The summed E-state index contributed by atoms with van der Waals surface area (Å²) in [6.45, 7) is 0.0325. The third-order valence-corrected chi connectivity index (χ3v) is 5.58. The fourth-order valence-electron chi connectivity index (χ4n) is 3.48. The minimum atomic E-state index is -1.67. The highest BCUT2D eigenvalue weighted by atomic mass is 16.4. The Balaban J connectivity index is 3.04. The van der Waals surface area contributed by atoms with Crippen molar-refractivity contribution in [3.05, 3.63) is 29.8 Å². The van der Waals surface area contributed by atoms with Crippen LogP contribution in [0.25, 0.3) is 0 Å². The van der Waals surface area contributed by atoms with E-state index in [1.165, 1.54) is 24.3 Å². The molecule has 13 N–H and O–H groups in total. The van der Waals surface area contributed by atoms with Crippen LogP contribution >= 0.6 is 0 Å². The predicted octanol–water partition coefficient (Wildman–Crippen LogP) is -2.81. The summed E-state index contributed by atoms with van der Waals surface area (Å²) in [7, 11) is 0. The number of nitrogens with two attached hydrogens (primary N) is 3. The number of carboxylic acids is 3.